The van der Waals surface area contributed by atoms with Crippen LogP contribution >= 0.6 is 11.6 Å². The Labute approximate surface area is 54.8 Å². The maximum atomic E-state index is 8.29. The van der Waals surface area contributed by atoms with Crippen LogP contribution in [0.5, 0.6) is 0 Å². The first-order valence-electron chi connectivity index (χ1n) is 2.79. The molecule has 0 radical (unpaired) electrons. The number of rotatable bonds is 5. The van der Waals surface area contributed by atoms with Gasteiger partial charge in [0, 0.05) is 19.0 Å². The molecule has 3 heteroatoms. The van der Waals surface area contributed by atoms with Crippen LogP contribution in [0.15, 0.2) is 0 Å². The molecule has 0 aliphatic carbocycles. The van der Waals surface area contributed by atoms with E-state index >= 15 is 0 Å². The van der Waals surface area contributed by atoms with Crippen molar-refractivity contribution in [2.45, 2.75) is 6.42 Å². The van der Waals surface area contributed by atoms with Crippen molar-refractivity contribution in [1.29, 1.82) is 0 Å². The fraction of sp³-hybridized carbons (Fsp3) is 1.00. The second-order valence-electron chi connectivity index (χ2n) is 1.52. The second kappa shape index (κ2) is 7.21. The summed E-state index contributed by atoms with van der Waals surface area (Å²) in [6, 6.07) is 0. The highest BCUT2D eigenvalue weighted by Crippen LogP contribution is 1.72. The van der Waals surface area contributed by atoms with Crippen LogP contribution in [-0.4, -0.2) is 30.7 Å². The van der Waals surface area contributed by atoms with Crippen LogP contribution in [0.25, 0.3) is 0 Å². The van der Waals surface area contributed by atoms with Gasteiger partial charge in [-0.15, -0.1) is 11.6 Å². The van der Waals surface area contributed by atoms with Crippen LogP contribution in [-0.2, 0) is 0 Å². The minimum absolute atomic E-state index is 0.259. The predicted octanol–water partition coefficient (Wildman–Crippen LogP) is 0.197. The molecule has 50 valence electrons. The molecule has 0 saturated carbocycles. The van der Waals surface area contributed by atoms with E-state index in [2.05, 4.69) is 5.32 Å². The lowest BCUT2D eigenvalue weighted by Gasteiger charge is -1.97. The zero-order valence-corrected chi connectivity index (χ0v) is 5.62. The van der Waals surface area contributed by atoms with Crippen LogP contribution in [0.1, 0.15) is 6.42 Å². The van der Waals surface area contributed by atoms with Gasteiger partial charge >= 0.3 is 0 Å². The van der Waals surface area contributed by atoms with Crippen LogP contribution in [0.3, 0.4) is 0 Å². The van der Waals surface area contributed by atoms with Gasteiger partial charge in [0.2, 0.25) is 0 Å². The summed E-state index contributed by atoms with van der Waals surface area (Å²) in [5, 5.41) is 11.3. The number of hydrogen-bond donors (Lipinski definition) is 2. The number of halogens is 1. The molecule has 0 amide bonds. The van der Waals surface area contributed by atoms with Gasteiger partial charge < -0.3 is 10.4 Å². The smallest absolute Gasteiger partial charge is 0.0443 e. The minimum Gasteiger partial charge on any atom is -0.396 e. The van der Waals surface area contributed by atoms with Gasteiger partial charge in [-0.25, -0.2) is 0 Å². The number of nitrogens with one attached hydrogen (secondary N) is 1. The van der Waals surface area contributed by atoms with E-state index in [9.17, 15) is 0 Å². The van der Waals surface area contributed by atoms with Gasteiger partial charge in [-0.2, -0.15) is 0 Å². The summed E-state index contributed by atoms with van der Waals surface area (Å²) in [6.07, 6.45) is 0.816. The van der Waals surface area contributed by atoms with Crippen molar-refractivity contribution in [2.24, 2.45) is 0 Å². The van der Waals surface area contributed by atoms with Crippen molar-refractivity contribution in [3.8, 4) is 0 Å². The lowest BCUT2D eigenvalue weighted by atomic mass is 10.4. The van der Waals surface area contributed by atoms with Crippen LogP contribution in [0.2, 0.25) is 0 Å². The van der Waals surface area contributed by atoms with Crippen molar-refractivity contribution in [3.05, 3.63) is 0 Å². The molecular weight excluding hydrogens is 126 g/mol. The zero-order valence-electron chi connectivity index (χ0n) is 4.86. The Morgan fingerprint density at radius 3 is 2.62 bits per heavy atom. The van der Waals surface area contributed by atoms with E-state index in [1.165, 1.54) is 0 Å². The van der Waals surface area contributed by atoms with Gasteiger partial charge in [0.15, 0.2) is 0 Å². The zero-order chi connectivity index (χ0) is 6.24. The Morgan fingerprint density at radius 2 is 2.12 bits per heavy atom. The Hall–Kier alpha value is 0.210. The molecule has 0 aromatic rings. The minimum atomic E-state index is 0.259. The molecule has 8 heavy (non-hydrogen) atoms. The quantitative estimate of drug-likeness (QED) is 0.419. The Kier molecular flexibility index (Phi) is 7.40. The molecule has 0 rings (SSSR count). The second-order valence-corrected chi connectivity index (χ2v) is 1.89. The summed E-state index contributed by atoms with van der Waals surface area (Å²) < 4.78 is 0. The standard InChI is InChI=1S/C5H12ClNO/c6-2-4-7-3-1-5-8/h7-8H,1-5H2. The number of aliphatic hydroxyl groups excluding tert-OH is 1. The third-order valence-electron chi connectivity index (χ3n) is 0.783. The van der Waals surface area contributed by atoms with E-state index in [0.717, 1.165) is 19.5 Å². The maximum Gasteiger partial charge on any atom is 0.0443 e. The van der Waals surface area contributed by atoms with Gasteiger partial charge in [-0.05, 0) is 13.0 Å². The van der Waals surface area contributed by atoms with E-state index in [1.54, 1.807) is 0 Å². The Balaban J connectivity index is 2.53. The highest BCUT2D eigenvalue weighted by molar-refractivity contribution is 6.18. The average Bonchev–Trinajstić information content (AvgIpc) is 1.81. The third-order valence-corrected chi connectivity index (χ3v) is 0.972. The molecule has 0 spiro atoms. The van der Waals surface area contributed by atoms with Crippen LogP contribution in [0.4, 0.5) is 0 Å². The van der Waals surface area contributed by atoms with Crippen molar-refractivity contribution < 1.29 is 5.11 Å². The topological polar surface area (TPSA) is 32.3 Å². The van der Waals surface area contributed by atoms with Gasteiger partial charge in [0.05, 0.1) is 0 Å². The molecule has 0 heterocycles. The SMILES string of the molecule is OCCCNCCCl. The summed E-state index contributed by atoms with van der Waals surface area (Å²) in [7, 11) is 0. The molecule has 0 fully saturated rings. The molecule has 0 aromatic carbocycles. The number of hydrogen-bond acceptors (Lipinski definition) is 2. The lowest BCUT2D eigenvalue weighted by Crippen LogP contribution is -2.18. The van der Waals surface area contributed by atoms with E-state index in [4.69, 9.17) is 16.7 Å². The predicted molar refractivity (Wildman–Crippen MR) is 35.3 cm³/mol. The largest absolute Gasteiger partial charge is 0.396 e. The first kappa shape index (κ1) is 8.21. The number of alkyl halides is 1. The molecule has 2 nitrogen and oxygen atoms in total. The fourth-order valence-corrected chi connectivity index (χ4v) is 0.530. The molecule has 0 unspecified atom stereocenters. The highest BCUT2D eigenvalue weighted by Gasteiger charge is 1.82. The van der Waals surface area contributed by atoms with Gasteiger partial charge in [-0.3, -0.25) is 0 Å². The summed E-state index contributed by atoms with van der Waals surface area (Å²) in [5.41, 5.74) is 0. The molecule has 0 atom stereocenters. The lowest BCUT2D eigenvalue weighted by molar-refractivity contribution is 0.286. The molecular formula is C5H12ClNO. The molecule has 0 bridgehead atoms. The molecule has 0 saturated heterocycles. The Morgan fingerprint density at radius 1 is 1.38 bits per heavy atom. The van der Waals surface area contributed by atoms with E-state index in [-0.39, 0.29) is 6.61 Å². The fourth-order valence-electron chi connectivity index (χ4n) is 0.396. The van der Waals surface area contributed by atoms with Crippen molar-refractivity contribution in [3.63, 3.8) is 0 Å². The normalized spacial score (nSPS) is 9.75. The first-order chi connectivity index (χ1) is 3.91. The maximum absolute atomic E-state index is 8.29. The first-order valence-corrected chi connectivity index (χ1v) is 3.33. The van der Waals surface area contributed by atoms with Crippen molar-refractivity contribution >= 4 is 11.6 Å². The third kappa shape index (κ3) is 6.21. The van der Waals surface area contributed by atoms with E-state index in [1.807, 2.05) is 0 Å². The van der Waals surface area contributed by atoms with E-state index in [0.29, 0.717) is 5.88 Å². The van der Waals surface area contributed by atoms with Gasteiger partial charge in [-0.1, -0.05) is 0 Å². The van der Waals surface area contributed by atoms with Crippen LogP contribution < -0.4 is 5.32 Å². The summed E-state index contributed by atoms with van der Waals surface area (Å²) in [4.78, 5) is 0. The average molecular weight is 138 g/mol. The van der Waals surface area contributed by atoms with Gasteiger partial charge in [0.25, 0.3) is 0 Å². The molecule has 0 aliphatic rings. The number of aliphatic hydroxyl groups is 1. The summed E-state index contributed by atoms with van der Waals surface area (Å²) in [5.74, 6) is 0.644. The highest BCUT2D eigenvalue weighted by atomic mass is 35.5. The molecule has 0 aromatic heterocycles. The van der Waals surface area contributed by atoms with E-state index < -0.39 is 0 Å². The monoisotopic (exact) mass is 137 g/mol. The Bertz CT molecular complexity index is 37.4. The van der Waals surface area contributed by atoms with Crippen molar-refractivity contribution in [1.82, 2.24) is 5.32 Å². The summed E-state index contributed by atoms with van der Waals surface area (Å²) in [6.45, 7) is 1.96. The molecule has 2 N–H and O–H groups in total. The van der Waals surface area contributed by atoms with Gasteiger partial charge in [0.1, 0.15) is 0 Å². The van der Waals surface area contributed by atoms with Crippen LogP contribution in [0, 0.1) is 0 Å². The molecule has 0 aliphatic heterocycles. The summed E-state index contributed by atoms with van der Waals surface area (Å²) >= 11 is 5.36. The van der Waals surface area contributed by atoms with Crippen molar-refractivity contribution in [2.75, 3.05) is 25.6 Å².